The van der Waals surface area contributed by atoms with E-state index in [1.54, 1.807) is 0 Å². The van der Waals surface area contributed by atoms with E-state index in [0.29, 0.717) is 17.2 Å². The number of anilines is 1. The zero-order chi connectivity index (χ0) is 17.2. The average Bonchev–Trinajstić information content (AvgIpc) is 3.23. The number of imidazole rings is 1. The molecule has 0 radical (unpaired) electrons. The Morgan fingerprint density at radius 1 is 1.08 bits per heavy atom. The van der Waals surface area contributed by atoms with E-state index in [-0.39, 0.29) is 12.4 Å². The van der Waals surface area contributed by atoms with Gasteiger partial charge < -0.3 is 15.5 Å². The molecule has 4 aromatic rings. The number of nitrogens with two attached hydrogens (primary N) is 1. The lowest BCUT2D eigenvalue weighted by Gasteiger charge is -2.09. The van der Waals surface area contributed by atoms with Gasteiger partial charge in [0.2, 0.25) is 0 Å². The summed E-state index contributed by atoms with van der Waals surface area (Å²) in [6.45, 7) is 0.280. The SMILES string of the molecule is Nc1nonc1-c1nc2ccccc2n1CC(=NO)c1ccccc1. The molecule has 8 heteroatoms. The highest BCUT2D eigenvalue weighted by atomic mass is 16.6. The van der Waals surface area contributed by atoms with E-state index in [4.69, 9.17) is 10.4 Å². The smallest absolute Gasteiger partial charge is 0.199 e. The van der Waals surface area contributed by atoms with Crippen molar-refractivity contribution >= 4 is 22.6 Å². The van der Waals surface area contributed by atoms with Crippen molar-refractivity contribution in [2.45, 2.75) is 6.54 Å². The molecule has 25 heavy (non-hydrogen) atoms. The van der Waals surface area contributed by atoms with Gasteiger partial charge in [0.05, 0.1) is 17.6 Å². The van der Waals surface area contributed by atoms with Crippen LogP contribution in [0.3, 0.4) is 0 Å². The van der Waals surface area contributed by atoms with Crippen LogP contribution in [0.4, 0.5) is 5.82 Å². The second-order valence-corrected chi connectivity index (χ2v) is 5.42. The lowest BCUT2D eigenvalue weighted by Crippen LogP contribution is -2.13. The molecule has 0 atom stereocenters. The Kier molecular flexibility index (Phi) is 3.62. The summed E-state index contributed by atoms with van der Waals surface area (Å²) in [7, 11) is 0. The molecule has 2 aromatic heterocycles. The van der Waals surface area contributed by atoms with Gasteiger partial charge in [-0.3, -0.25) is 0 Å². The van der Waals surface area contributed by atoms with Crippen molar-refractivity contribution in [3.8, 4) is 11.5 Å². The molecule has 0 saturated heterocycles. The first-order valence-electron chi connectivity index (χ1n) is 7.58. The Bertz CT molecular complexity index is 1050. The van der Waals surface area contributed by atoms with Gasteiger partial charge in [0.25, 0.3) is 0 Å². The van der Waals surface area contributed by atoms with Gasteiger partial charge >= 0.3 is 0 Å². The van der Waals surface area contributed by atoms with Crippen LogP contribution in [0.5, 0.6) is 0 Å². The van der Waals surface area contributed by atoms with Crippen LogP contribution in [0.2, 0.25) is 0 Å². The standard InChI is InChI=1S/C17H14N6O2/c18-16-15(21-25-22-16)17-19-12-8-4-5-9-14(12)23(17)10-13(20-24)11-6-2-1-3-7-11/h1-9,24H,10H2,(H2,18,22). The minimum absolute atomic E-state index is 0.152. The third kappa shape index (κ3) is 2.59. The molecule has 0 bridgehead atoms. The number of hydrogen-bond acceptors (Lipinski definition) is 7. The highest BCUT2D eigenvalue weighted by molar-refractivity contribution is 6.01. The van der Waals surface area contributed by atoms with Crippen molar-refractivity contribution in [2.24, 2.45) is 5.16 Å². The van der Waals surface area contributed by atoms with E-state index < -0.39 is 0 Å². The number of oxime groups is 1. The second-order valence-electron chi connectivity index (χ2n) is 5.42. The Morgan fingerprint density at radius 3 is 2.56 bits per heavy atom. The molecule has 0 saturated carbocycles. The molecule has 124 valence electrons. The topological polar surface area (TPSA) is 115 Å². The highest BCUT2D eigenvalue weighted by Gasteiger charge is 2.20. The molecule has 2 heterocycles. The van der Waals surface area contributed by atoms with Crippen molar-refractivity contribution in [2.75, 3.05) is 5.73 Å². The molecular weight excluding hydrogens is 320 g/mol. The fourth-order valence-electron chi connectivity index (χ4n) is 2.73. The van der Waals surface area contributed by atoms with Crippen LogP contribution in [0.25, 0.3) is 22.6 Å². The van der Waals surface area contributed by atoms with Crippen molar-refractivity contribution in [1.29, 1.82) is 0 Å². The number of fused-ring (bicyclic) bond motifs is 1. The summed E-state index contributed by atoms with van der Waals surface area (Å²) in [6, 6.07) is 17.0. The van der Waals surface area contributed by atoms with E-state index in [2.05, 4.69) is 20.5 Å². The number of nitrogen functional groups attached to an aromatic ring is 1. The summed E-state index contributed by atoms with van der Waals surface area (Å²) in [5.74, 6) is 0.649. The van der Waals surface area contributed by atoms with Crippen molar-refractivity contribution < 1.29 is 9.84 Å². The molecule has 4 rings (SSSR count). The number of aromatic nitrogens is 4. The fraction of sp³-hybridized carbons (Fsp3) is 0.0588. The van der Waals surface area contributed by atoms with Crippen molar-refractivity contribution in [3.05, 3.63) is 60.2 Å². The molecule has 0 fully saturated rings. The predicted molar refractivity (Wildman–Crippen MR) is 92.2 cm³/mol. The number of benzene rings is 2. The molecule has 0 amide bonds. The third-order valence-corrected chi connectivity index (χ3v) is 3.92. The number of nitrogens with zero attached hydrogens (tertiary/aromatic N) is 5. The van der Waals surface area contributed by atoms with Crippen LogP contribution in [0, 0.1) is 0 Å². The maximum absolute atomic E-state index is 9.51. The summed E-state index contributed by atoms with van der Waals surface area (Å²) < 4.78 is 6.58. The lowest BCUT2D eigenvalue weighted by molar-refractivity contribution is 0.310. The van der Waals surface area contributed by atoms with E-state index in [9.17, 15) is 5.21 Å². The molecule has 0 aliphatic carbocycles. The molecule has 0 aliphatic rings. The van der Waals surface area contributed by atoms with Gasteiger partial charge in [-0.2, -0.15) is 0 Å². The first kappa shape index (κ1) is 14.9. The van der Waals surface area contributed by atoms with Gasteiger partial charge in [0.1, 0.15) is 5.71 Å². The first-order chi connectivity index (χ1) is 12.3. The van der Waals surface area contributed by atoms with Gasteiger partial charge in [0.15, 0.2) is 17.3 Å². The molecular formula is C17H14N6O2. The molecule has 3 N–H and O–H groups in total. The Labute approximate surface area is 142 Å². The first-order valence-corrected chi connectivity index (χ1v) is 7.58. The van der Waals surface area contributed by atoms with E-state index in [0.717, 1.165) is 16.6 Å². The van der Waals surface area contributed by atoms with Gasteiger partial charge in [-0.15, -0.1) is 0 Å². The average molecular weight is 334 g/mol. The van der Waals surface area contributed by atoms with Gasteiger partial charge in [-0.05, 0) is 22.4 Å². The van der Waals surface area contributed by atoms with Crippen LogP contribution < -0.4 is 5.73 Å². The Balaban J connectivity index is 1.87. The quantitative estimate of drug-likeness (QED) is 0.337. The van der Waals surface area contributed by atoms with Crippen molar-refractivity contribution in [1.82, 2.24) is 19.9 Å². The molecule has 0 aliphatic heterocycles. The summed E-state index contributed by atoms with van der Waals surface area (Å²) >= 11 is 0. The van der Waals surface area contributed by atoms with Crippen LogP contribution in [-0.2, 0) is 6.54 Å². The molecule has 0 spiro atoms. The lowest BCUT2D eigenvalue weighted by atomic mass is 10.1. The number of para-hydroxylation sites is 2. The van der Waals surface area contributed by atoms with Crippen LogP contribution >= 0.6 is 0 Å². The summed E-state index contributed by atoms with van der Waals surface area (Å²) in [5.41, 5.74) is 9.10. The van der Waals surface area contributed by atoms with E-state index in [1.165, 1.54) is 0 Å². The summed E-state index contributed by atoms with van der Waals surface area (Å²) in [5, 5.41) is 20.4. The number of hydrogen-bond donors (Lipinski definition) is 2. The van der Waals surface area contributed by atoms with E-state index in [1.807, 2.05) is 59.2 Å². The maximum atomic E-state index is 9.51. The highest BCUT2D eigenvalue weighted by Crippen LogP contribution is 2.27. The Morgan fingerprint density at radius 2 is 1.84 bits per heavy atom. The second kappa shape index (κ2) is 6.08. The predicted octanol–water partition coefficient (Wildman–Crippen LogP) is 2.55. The van der Waals surface area contributed by atoms with Gasteiger partial charge in [-0.25, -0.2) is 9.61 Å². The van der Waals surface area contributed by atoms with Gasteiger partial charge in [0, 0.05) is 5.56 Å². The monoisotopic (exact) mass is 334 g/mol. The maximum Gasteiger partial charge on any atom is 0.199 e. The molecule has 0 unspecified atom stereocenters. The minimum atomic E-state index is 0.152. The van der Waals surface area contributed by atoms with E-state index >= 15 is 0 Å². The largest absolute Gasteiger partial charge is 0.411 e. The fourth-order valence-corrected chi connectivity index (χ4v) is 2.73. The number of rotatable bonds is 4. The van der Waals surface area contributed by atoms with Crippen molar-refractivity contribution in [3.63, 3.8) is 0 Å². The summed E-state index contributed by atoms with van der Waals surface area (Å²) in [4.78, 5) is 4.58. The third-order valence-electron chi connectivity index (χ3n) is 3.92. The molecule has 2 aromatic carbocycles. The summed E-state index contributed by atoms with van der Waals surface area (Å²) in [6.07, 6.45) is 0. The Hall–Kier alpha value is -3.68. The van der Waals surface area contributed by atoms with Crippen LogP contribution in [-0.4, -0.2) is 30.8 Å². The van der Waals surface area contributed by atoms with Crippen LogP contribution in [0.15, 0.2) is 64.4 Å². The normalized spacial score (nSPS) is 11.9. The zero-order valence-corrected chi connectivity index (χ0v) is 13.1. The van der Waals surface area contributed by atoms with Crippen LogP contribution in [0.1, 0.15) is 5.56 Å². The molecule has 8 nitrogen and oxygen atoms in total. The minimum Gasteiger partial charge on any atom is -0.411 e. The zero-order valence-electron chi connectivity index (χ0n) is 13.1. The van der Waals surface area contributed by atoms with Gasteiger partial charge in [-0.1, -0.05) is 47.6 Å².